The second-order valence-electron chi connectivity index (χ2n) is 5.51. The first kappa shape index (κ1) is 16.4. The number of H-pyrrole nitrogens is 1. The number of sulfonamides is 1. The molecule has 0 fully saturated rings. The number of anilines is 1. The van der Waals surface area contributed by atoms with Crippen LogP contribution in [-0.2, 0) is 16.4 Å². The Hall–Kier alpha value is -2.07. The van der Waals surface area contributed by atoms with Crippen molar-refractivity contribution in [1.29, 1.82) is 0 Å². The van der Waals surface area contributed by atoms with Crippen molar-refractivity contribution in [3.05, 3.63) is 46.7 Å². The van der Waals surface area contributed by atoms with Crippen LogP contribution in [0.2, 0.25) is 5.15 Å². The van der Waals surface area contributed by atoms with Crippen LogP contribution in [0.3, 0.4) is 0 Å². The van der Waals surface area contributed by atoms with E-state index in [0.29, 0.717) is 17.2 Å². The lowest BCUT2D eigenvalue weighted by Gasteiger charge is -2.08. The topological polar surface area (TPSA) is 105 Å². The zero-order valence-corrected chi connectivity index (χ0v) is 15.2. The van der Waals surface area contributed by atoms with E-state index in [2.05, 4.69) is 14.7 Å². The Kier molecular flexibility index (Phi) is 3.95. The largest absolute Gasteiger partial charge is 0.361 e. The van der Waals surface area contributed by atoms with Crippen molar-refractivity contribution in [2.75, 3.05) is 11.3 Å². The zero-order valence-electron chi connectivity index (χ0n) is 12.9. The lowest BCUT2D eigenvalue weighted by atomic mass is 10.1. The van der Waals surface area contributed by atoms with E-state index in [1.54, 1.807) is 12.1 Å². The van der Waals surface area contributed by atoms with Crippen LogP contribution in [0.5, 0.6) is 0 Å². The molecule has 0 atom stereocenters. The molecule has 10 heteroatoms. The molecule has 0 radical (unpaired) electrons. The van der Waals surface area contributed by atoms with Gasteiger partial charge < -0.3 is 10.7 Å². The number of hydrogen-bond donors (Lipinski definition) is 3. The number of nitrogens with one attached hydrogen (secondary N) is 2. The monoisotopic (exact) mass is 395 g/mol. The first-order valence-electron chi connectivity index (χ1n) is 7.43. The van der Waals surface area contributed by atoms with Gasteiger partial charge in [-0.15, -0.1) is 11.3 Å². The maximum atomic E-state index is 12.7. The number of fused-ring (bicyclic) bond motifs is 2. The summed E-state index contributed by atoms with van der Waals surface area (Å²) in [6.45, 7) is 0.525. The summed E-state index contributed by atoms with van der Waals surface area (Å²) in [6.07, 6.45) is 4.09. The summed E-state index contributed by atoms with van der Waals surface area (Å²) < 4.78 is 29.6. The molecule has 0 amide bonds. The van der Waals surface area contributed by atoms with Crippen LogP contribution in [0, 0.1) is 0 Å². The van der Waals surface area contributed by atoms with Gasteiger partial charge in [0, 0.05) is 28.2 Å². The third kappa shape index (κ3) is 2.89. The van der Waals surface area contributed by atoms with Crippen LogP contribution in [0.25, 0.3) is 15.9 Å². The van der Waals surface area contributed by atoms with Crippen molar-refractivity contribution in [2.24, 2.45) is 5.73 Å². The Bertz CT molecular complexity index is 1180. The maximum Gasteiger partial charge on any atom is 0.278 e. The molecule has 3 aromatic heterocycles. The van der Waals surface area contributed by atoms with Crippen LogP contribution in [0.15, 0.2) is 41.0 Å². The van der Waals surface area contributed by atoms with Gasteiger partial charge in [0.05, 0.1) is 6.20 Å². The van der Waals surface area contributed by atoms with E-state index in [4.69, 9.17) is 17.3 Å². The Balaban J connectivity index is 1.73. The summed E-state index contributed by atoms with van der Waals surface area (Å²) >= 11 is 7.07. The lowest BCUT2D eigenvalue weighted by Crippen LogP contribution is -2.14. The van der Waals surface area contributed by atoms with Crippen molar-refractivity contribution in [1.82, 2.24) is 14.4 Å². The zero-order chi connectivity index (χ0) is 17.6. The molecule has 0 unspecified atom stereocenters. The van der Waals surface area contributed by atoms with Gasteiger partial charge in [-0.05, 0) is 36.7 Å². The van der Waals surface area contributed by atoms with E-state index in [0.717, 1.165) is 22.9 Å². The number of nitrogens with two attached hydrogens (primary N) is 1. The summed E-state index contributed by atoms with van der Waals surface area (Å²) in [5.41, 5.74) is 8.10. The van der Waals surface area contributed by atoms with Gasteiger partial charge in [-0.1, -0.05) is 11.6 Å². The van der Waals surface area contributed by atoms with E-state index in [1.165, 1.54) is 27.3 Å². The number of halogens is 1. The van der Waals surface area contributed by atoms with Crippen LogP contribution >= 0.6 is 22.9 Å². The van der Waals surface area contributed by atoms with Gasteiger partial charge in [-0.3, -0.25) is 9.12 Å². The highest BCUT2D eigenvalue weighted by Gasteiger charge is 2.21. The number of benzene rings is 1. The van der Waals surface area contributed by atoms with E-state index in [1.807, 2.05) is 12.3 Å². The Morgan fingerprint density at radius 1 is 1.40 bits per heavy atom. The van der Waals surface area contributed by atoms with Crippen molar-refractivity contribution in [3.8, 4) is 0 Å². The third-order valence-electron chi connectivity index (χ3n) is 3.86. The first-order chi connectivity index (χ1) is 12.0. The summed E-state index contributed by atoms with van der Waals surface area (Å²) in [5.74, 6) is 0. The fraction of sp³-hybridized carbons (Fsp3) is 0.133. The average Bonchev–Trinajstić information content (AvgIpc) is 3.21. The highest BCUT2D eigenvalue weighted by atomic mass is 35.5. The van der Waals surface area contributed by atoms with E-state index >= 15 is 0 Å². The summed E-state index contributed by atoms with van der Waals surface area (Å²) in [5, 5.41) is 2.84. The summed E-state index contributed by atoms with van der Waals surface area (Å²) in [7, 11) is -3.77. The fourth-order valence-electron chi connectivity index (χ4n) is 2.74. The number of rotatable bonds is 5. The molecule has 0 aliphatic rings. The molecule has 3 heterocycles. The average molecular weight is 396 g/mol. The molecule has 0 saturated heterocycles. The smallest absolute Gasteiger partial charge is 0.278 e. The fourth-order valence-corrected chi connectivity index (χ4v) is 5.35. The number of aromatic nitrogens is 3. The van der Waals surface area contributed by atoms with Gasteiger partial charge in [0.15, 0.2) is 9.99 Å². The molecule has 0 bridgehead atoms. The Labute approximate surface area is 152 Å². The second-order valence-corrected chi connectivity index (χ2v) is 8.36. The molecule has 7 nitrogen and oxygen atoms in total. The Morgan fingerprint density at radius 3 is 3.04 bits per heavy atom. The minimum absolute atomic E-state index is 0.100. The predicted molar refractivity (Wildman–Crippen MR) is 99.9 cm³/mol. The number of hydrogen-bond acceptors (Lipinski definition) is 5. The van der Waals surface area contributed by atoms with Crippen molar-refractivity contribution >= 4 is 54.5 Å². The van der Waals surface area contributed by atoms with Gasteiger partial charge in [-0.25, -0.2) is 4.98 Å². The maximum absolute atomic E-state index is 12.7. The number of imidazole rings is 1. The van der Waals surface area contributed by atoms with E-state index < -0.39 is 10.0 Å². The number of nitrogens with zero attached hydrogens (tertiary/aromatic N) is 2. The molecule has 130 valence electrons. The molecule has 4 aromatic rings. The molecule has 0 spiro atoms. The minimum atomic E-state index is -3.77. The summed E-state index contributed by atoms with van der Waals surface area (Å²) in [4.78, 5) is 7.74. The third-order valence-corrected chi connectivity index (χ3v) is 6.40. The van der Waals surface area contributed by atoms with Crippen molar-refractivity contribution < 1.29 is 8.42 Å². The molecule has 4 rings (SSSR count). The van der Waals surface area contributed by atoms with Crippen LogP contribution in [0.1, 0.15) is 5.56 Å². The molecule has 0 aliphatic heterocycles. The van der Waals surface area contributed by atoms with E-state index in [-0.39, 0.29) is 10.2 Å². The molecule has 25 heavy (non-hydrogen) atoms. The van der Waals surface area contributed by atoms with Crippen LogP contribution < -0.4 is 10.5 Å². The Morgan fingerprint density at radius 2 is 2.24 bits per heavy atom. The molecule has 0 saturated carbocycles. The highest BCUT2D eigenvalue weighted by Crippen LogP contribution is 2.27. The molecule has 4 N–H and O–H groups in total. The van der Waals surface area contributed by atoms with Crippen molar-refractivity contribution in [3.63, 3.8) is 0 Å². The standard InChI is InChI=1S/C15H14ClN5O2S2/c16-13-7-21-14(8-24-15(21)19-13)25(22,23)20-10-1-2-12-11(5-10)9(3-4-17)6-18-12/h1-2,5-8,18,20H,3-4,17H2. The number of aromatic amines is 1. The molecule has 1 aromatic carbocycles. The van der Waals surface area contributed by atoms with Gasteiger partial charge in [0.1, 0.15) is 5.15 Å². The van der Waals surface area contributed by atoms with Gasteiger partial charge in [0.25, 0.3) is 10.0 Å². The van der Waals surface area contributed by atoms with Crippen LogP contribution in [0.4, 0.5) is 5.69 Å². The second kappa shape index (κ2) is 6.03. The highest BCUT2D eigenvalue weighted by molar-refractivity contribution is 7.92. The molecular formula is C15H14ClN5O2S2. The van der Waals surface area contributed by atoms with E-state index in [9.17, 15) is 8.42 Å². The SMILES string of the molecule is NCCc1c[nH]c2ccc(NS(=O)(=O)c3csc4nc(Cl)cn34)cc12. The lowest BCUT2D eigenvalue weighted by molar-refractivity contribution is 0.597. The first-order valence-corrected chi connectivity index (χ1v) is 10.2. The molecule has 0 aliphatic carbocycles. The number of thiazole rings is 1. The molecular weight excluding hydrogens is 382 g/mol. The van der Waals surface area contributed by atoms with Gasteiger partial charge in [-0.2, -0.15) is 8.42 Å². The minimum Gasteiger partial charge on any atom is -0.361 e. The quantitative estimate of drug-likeness (QED) is 0.483. The predicted octanol–water partition coefficient (Wildman–Crippen LogP) is 2.83. The summed E-state index contributed by atoms with van der Waals surface area (Å²) in [6, 6.07) is 5.36. The van der Waals surface area contributed by atoms with Gasteiger partial charge >= 0.3 is 0 Å². The van der Waals surface area contributed by atoms with Gasteiger partial charge in [0.2, 0.25) is 0 Å². The van der Waals surface area contributed by atoms with Crippen molar-refractivity contribution in [2.45, 2.75) is 11.4 Å². The van der Waals surface area contributed by atoms with Crippen LogP contribution in [-0.4, -0.2) is 29.3 Å². The normalized spacial score (nSPS) is 12.2.